The Morgan fingerprint density at radius 3 is 2.75 bits per heavy atom. The molecule has 1 aliphatic rings. The molecule has 6 nitrogen and oxygen atoms in total. The second kappa shape index (κ2) is 5.95. The van der Waals surface area contributed by atoms with Gasteiger partial charge in [0.25, 0.3) is 0 Å². The van der Waals surface area contributed by atoms with Crippen molar-refractivity contribution in [2.24, 2.45) is 0 Å². The van der Waals surface area contributed by atoms with Crippen LogP contribution in [0.25, 0.3) is 0 Å². The summed E-state index contributed by atoms with van der Waals surface area (Å²) in [6, 6.07) is 2.67. The van der Waals surface area contributed by atoms with E-state index in [1.807, 2.05) is 0 Å². The molecule has 0 spiro atoms. The lowest BCUT2D eigenvalue weighted by Crippen LogP contribution is -2.47. The number of aromatic nitrogens is 1. The van der Waals surface area contributed by atoms with Gasteiger partial charge in [0.05, 0.1) is 10.5 Å². The summed E-state index contributed by atoms with van der Waals surface area (Å²) >= 11 is 5.71. The van der Waals surface area contributed by atoms with E-state index in [2.05, 4.69) is 4.98 Å². The molecule has 1 aliphatic heterocycles. The number of hydrogen-bond acceptors (Lipinski definition) is 5. The summed E-state index contributed by atoms with van der Waals surface area (Å²) in [6.45, 7) is 0.898. The van der Waals surface area contributed by atoms with Gasteiger partial charge in [-0.05, 0) is 12.1 Å². The molecule has 112 valence electrons. The van der Waals surface area contributed by atoms with E-state index in [1.165, 1.54) is 25.4 Å². The highest BCUT2D eigenvalue weighted by atomic mass is 35.5. The summed E-state index contributed by atoms with van der Waals surface area (Å²) in [4.78, 5) is 3.82. The maximum absolute atomic E-state index is 12.4. The van der Waals surface area contributed by atoms with Crippen molar-refractivity contribution in [1.29, 1.82) is 0 Å². The molecule has 0 aromatic carbocycles. The second-order valence-electron chi connectivity index (χ2n) is 4.91. The first kappa shape index (κ1) is 15.7. The molecule has 0 radical (unpaired) electrons. The van der Waals surface area contributed by atoms with Crippen LogP contribution in [0.4, 0.5) is 0 Å². The maximum Gasteiger partial charge on any atom is 0.243 e. The van der Waals surface area contributed by atoms with Crippen molar-refractivity contribution in [3.05, 3.63) is 23.5 Å². The fourth-order valence-electron chi connectivity index (χ4n) is 2.13. The Balaban J connectivity index is 2.17. The number of nitrogens with zero attached hydrogens (tertiary/aromatic N) is 2. The molecular weight excluding hydrogens is 304 g/mol. The van der Waals surface area contributed by atoms with Gasteiger partial charge in [-0.25, -0.2) is 13.4 Å². The molecule has 1 aromatic heterocycles. The number of sulfonamides is 1. The zero-order valence-electron chi connectivity index (χ0n) is 11.1. The highest BCUT2D eigenvalue weighted by Crippen LogP contribution is 2.24. The molecule has 0 unspecified atom stereocenters. The first-order valence-corrected chi connectivity index (χ1v) is 8.03. The predicted octanol–water partition coefficient (Wildman–Crippen LogP) is 0.897. The van der Waals surface area contributed by atoms with Gasteiger partial charge in [0.2, 0.25) is 10.0 Å². The first-order valence-electron chi connectivity index (χ1n) is 6.22. The van der Waals surface area contributed by atoms with Crippen LogP contribution in [0.15, 0.2) is 23.2 Å². The van der Waals surface area contributed by atoms with Gasteiger partial charge >= 0.3 is 0 Å². The molecule has 1 N–H and O–H groups in total. The van der Waals surface area contributed by atoms with E-state index < -0.39 is 15.6 Å². The van der Waals surface area contributed by atoms with Crippen LogP contribution in [0, 0.1) is 0 Å². The summed E-state index contributed by atoms with van der Waals surface area (Å²) in [5.41, 5.74) is -1.04. The van der Waals surface area contributed by atoms with Crippen LogP contribution in [-0.4, -0.2) is 55.2 Å². The molecule has 2 heterocycles. The molecule has 20 heavy (non-hydrogen) atoms. The number of aliphatic hydroxyl groups is 1. The molecule has 0 aliphatic carbocycles. The third-order valence-corrected chi connectivity index (χ3v) is 5.35. The SMILES string of the molecule is CN(CC1(O)CCOCC1)S(=O)(=O)c1ccnc(Cl)c1. The van der Waals surface area contributed by atoms with E-state index in [1.54, 1.807) is 0 Å². The lowest BCUT2D eigenvalue weighted by atomic mass is 9.95. The molecule has 1 aromatic rings. The molecule has 0 saturated carbocycles. The molecule has 1 fully saturated rings. The van der Waals surface area contributed by atoms with Gasteiger partial charge in [-0.2, -0.15) is 4.31 Å². The Kier molecular flexibility index (Phi) is 4.66. The Bertz CT molecular complexity index is 573. The fourth-order valence-corrected chi connectivity index (χ4v) is 3.64. The van der Waals surface area contributed by atoms with Gasteiger partial charge in [0, 0.05) is 45.8 Å². The minimum absolute atomic E-state index is 0.0264. The molecule has 0 bridgehead atoms. The maximum atomic E-state index is 12.4. The van der Waals surface area contributed by atoms with Gasteiger partial charge in [0.1, 0.15) is 5.15 Å². The van der Waals surface area contributed by atoms with Gasteiger partial charge in [-0.15, -0.1) is 0 Å². The number of hydrogen-bond donors (Lipinski definition) is 1. The molecule has 0 amide bonds. The zero-order chi connectivity index (χ0) is 14.8. The Morgan fingerprint density at radius 1 is 1.50 bits per heavy atom. The van der Waals surface area contributed by atoms with Crippen molar-refractivity contribution >= 4 is 21.6 Å². The number of likely N-dealkylation sites (N-methyl/N-ethyl adjacent to an activating group) is 1. The Hall–Kier alpha value is -0.730. The third-order valence-electron chi connectivity index (χ3n) is 3.35. The van der Waals surface area contributed by atoms with E-state index in [9.17, 15) is 13.5 Å². The van der Waals surface area contributed by atoms with Crippen LogP contribution in [0.1, 0.15) is 12.8 Å². The quantitative estimate of drug-likeness (QED) is 0.834. The molecule has 1 saturated heterocycles. The molecule has 0 atom stereocenters. The monoisotopic (exact) mass is 320 g/mol. The van der Waals surface area contributed by atoms with Crippen LogP contribution < -0.4 is 0 Å². The smallest absolute Gasteiger partial charge is 0.243 e. The number of rotatable bonds is 4. The van der Waals surface area contributed by atoms with E-state index in [0.717, 1.165) is 4.31 Å². The van der Waals surface area contributed by atoms with Crippen molar-refractivity contribution < 1.29 is 18.3 Å². The summed E-state index contributed by atoms with van der Waals surface area (Å²) in [5.74, 6) is 0. The fraction of sp³-hybridized carbons (Fsp3) is 0.583. The average molecular weight is 321 g/mol. The number of pyridine rings is 1. The number of halogens is 1. The van der Waals surface area contributed by atoms with Crippen molar-refractivity contribution in [1.82, 2.24) is 9.29 Å². The Labute approximate surface area is 123 Å². The van der Waals surface area contributed by atoms with Gasteiger partial charge in [-0.1, -0.05) is 11.6 Å². The largest absolute Gasteiger partial charge is 0.388 e. The lowest BCUT2D eigenvalue weighted by Gasteiger charge is -2.34. The van der Waals surface area contributed by atoms with Crippen LogP contribution in [-0.2, 0) is 14.8 Å². The topological polar surface area (TPSA) is 79.7 Å². The van der Waals surface area contributed by atoms with Crippen molar-refractivity contribution in [2.75, 3.05) is 26.8 Å². The van der Waals surface area contributed by atoms with Crippen LogP contribution >= 0.6 is 11.6 Å². The van der Waals surface area contributed by atoms with E-state index in [0.29, 0.717) is 26.1 Å². The normalized spacial score (nSPS) is 19.2. The minimum atomic E-state index is -3.69. The van der Waals surface area contributed by atoms with Crippen molar-refractivity contribution in [3.63, 3.8) is 0 Å². The van der Waals surface area contributed by atoms with Gasteiger partial charge in [-0.3, -0.25) is 0 Å². The van der Waals surface area contributed by atoms with E-state index in [-0.39, 0.29) is 16.6 Å². The average Bonchev–Trinajstić information content (AvgIpc) is 2.39. The van der Waals surface area contributed by atoms with Gasteiger partial charge in [0.15, 0.2) is 0 Å². The second-order valence-corrected chi connectivity index (χ2v) is 7.34. The zero-order valence-corrected chi connectivity index (χ0v) is 12.7. The predicted molar refractivity (Wildman–Crippen MR) is 74.1 cm³/mol. The Morgan fingerprint density at radius 2 is 2.15 bits per heavy atom. The van der Waals surface area contributed by atoms with E-state index in [4.69, 9.17) is 16.3 Å². The molecular formula is C12H17ClN2O4S. The summed E-state index contributed by atoms with van der Waals surface area (Å²) < 4.78 is 31.1. The van der Waals surface area contributed by atoms with Crippen molar-refractivity contribution in [3.8, 4) is 0 Å². The van der Waals surface area contributed by atoms with Crippen LogP contribution in [0.5, 0.6) is 0 Å². The highest BCUT2D eigenvalue weighted by Gasteiger charge is 2.35. The van der Waals surface area contributed by atoms with Crippen LogP contribution in [0.2, 0.25) is 5.15 Å². The standard InChI is InChI=1S/C12H17ClN2O4S/c1-15(9-12(16)3-6-19-7-4-12)20(17,18)10-2-5-14-11(13)8-10/h2,5,8,16H,3-4,6-7,9H2,1H3. The van der Waals surface area contributed by atoms with Crippen molar-refractivity contribution in [2.45, 2.75) is 23.3 Å². The summed E-state index contributed by atoms with van der Waals surface area (Å²) in [5, 5.41) is 10.5. The van der Waals surface area contributed by atoms with E-state index >= 15 is 0 Å². The third kappa shape index (κ3) is 3.48. The summed E-state index contributed by atoms with van der Waals surface area (Å²) in [7, 11) is -2.25. The van der Waals surface area contributed by atoms with Gasteiger partial charge < -0.3 is 9.84 Å². The summed E-state index contributed by atoms with van der Waals surface area (Å²) in [6.07, 6.45) is 2.18. The molecule has 2 rings (SSSR count). The first-order chi connectivity index (χ1) is 9.33. The minimum Gasteiger partial charge on any atom is -0.388 e. The lowest BCUT2D eigenvalue weighted by molar-refractivity contribution is -0.0689. The number of ether oxygens (including phenoxy) is 1. The molecule has 8 heteroatoms. The highest BCUT2D eigenvalue weighted by molar-refractivity contribution is 7.89. The van der Waals surface area contributed by atoms with Crippen LogP contribution in [0.3, 0.4) is 0 Å².